The summed E-state index contributed by atoms with van der Waals surface area (Å²) in [5.74, 6) is 1.37. The van der Waals surface area contributed by atoms with E-state index in [1.165, 1.54) is 38.5 Å². The second kappa shape index (κ2) is 4.12. The topological polar surface area (TPSA) is 21.6 Å². The molecule has 73 valence electrons. The van der Waals surface area contributed by atoms with Crippen LogP contribution in [0.2, 0.25) is 0 Å². The lowest BCUT2D eigenvalue weighted by atomic mass is 9.82. The maximum absolute atomic E-state index is 5.12. The first-order valence-corrected chi connectivity index (χ1v) is 5.47. The highest BCUT2D eigenvalue weighted by Crippen LogP contribution is 2.31. The minimum absolute atomic E-state index is 0.266. The van der Waals surface area contributed by atoms with E-state index < -0.39 is 0 Å². The van der Waals surface area contributed by atoms with Crippen LogP contribution >= 0.6 is 0 Å². The highest BCUT2D eigenvalue weighted by molar-refractivity contribution is 5.62. The number of hydrogen-bond donors (Lipinski definition) is 0. The van der Waals surface area contributed by atoms with Gasteiger partial charge in [-0.2, -0.15) is 0 Å². The van der Waals surface area contributed by atoms with Gasteiger partial charge in [0.25, 0.3) is 0 Å². The molecule has 13 heavy (non-hydrogen) atoms. The summed E-state index contributed by atoms with van der Waals surface area (Å²) in [5, 5.41) is 3.76. The summed E-state index contributed by atoms with van der Waals surface area (Å²) in [6, 6.07) is 0. The smallest absolute Gasteiger partial charge is 0.133 e. The van der Waals surface area contributed by atoms with Gasteiger partial charge in [0.1, 0.15) is 12.3 Å². The van der Waals surface area contributed by atoms with Gasteiger partial charge in [-0.15, -0.1) is 0 Å². The summed E-state index contributed by atoms with van der Waals surface area (Å²) in [4.78, 5) is 5.12. The lowest BCUT2D eigenvalue weighted by Crippen LogP contribution is -2.19. The Labute approximate surface area is 80.3 Å². The summed E-state index contributed by atoms with van der Waals surface area (Å²) in [7, 11) is 0. The fourth-order valence-corrected chi connectivity index (χ4v) is 2.39. The van der Waals surface area contributed by atoms with Crippen LogP contribution in [0.15, 0.2) is 5.16 Å². The average Bonchev–Trinajstić information content (AvgIpc) is 2.54. The molecule has 2 heteroatoms. The first kappa shape index (κ1) is 9.04. The molecule has 2 aliphatic rings. The minimum Gasteiger partial charge on any atom is -0.392 e. The van der Waals surface area contributed by atoms with Crippen molar-refractivity contribution in [3.63, 3.8) is 0 Å². The molecule has 0 spiro atoms. The van der Waals surface area contributed by atoms with Crippen molar-refractivity contribution < 1.29 is 4.84 Å². The van der Waals surface area contributed by atoms with E-state index in [0.29, 0.717) is 5.92 Å². The van der Waals surface area contributed by atoms with Crippen LogP contribution in [0.25, 0.3) is 0 Å². The van der Waals surface area contributed by atoms with Crippen LogP contribution in [0.4, 0.5) is 0 Å². The van der Waals surface area contributed by atoms with E-state index in [1.807, 2.05) is 0 Å². The van der Waals surface area contributed by atoms with Crippen molar-refractivity contribution in [2.75, 3.05) is 0 Å². The van der Waals surface area contributed by atoms with Gasteiger partial charge in [0.15, 0.2) is 0 Å². The van der Waals surface area contributed by atoms with Gasteiger partial charge in [-0.3, -0.25) is 0 Å². The molecule has 1 aliphatic carbocycles. The number of rotatable bonds is 2. The number of nitrogens with zero attached hydrogens (tertiary/aromatic N) is 1. The molecule has 1 heterocycles. The first-order valence-electron chi connectivity index (χ1n) is 5.47. The largest absolute Gasteiger partial charge is 0.392 e. The van der Waals surface area contributed by atoms with Gasteiger partial charge in [0, 0.05) is 5.92 Å². The van der Waals surface area contributed by atoms with Crippen molar-refractivity contribution in [1.29, 1.82) is 0 Å². The third-order valence-corrected chi connectivity index (χ3v) is 3.32. The molecule has 2 unspecified atom stereocenters. The quantitative estimate of drug-likeness (QED) is 0.640. The van der Waals surface area contributed by atoms with Gasteiger partial charge < -0.3 is 4.84 Å². The van der Waals surface area contributed by atoms with Crippen LogP contribution in [0.3, 0.4) is 0 Å². The molecular formula is C11H18NO. The van der Waals surface area contributed by atoms with Gasteiger partial charge in [0.05, 0.1) is 0 Å². The molecule has 2 atom stereocenters. The van der Waals surface area contributed by atoms with Gasteiger partial charge in [-0.25, -0.2) is 0 Å². The van der Waals surface area contributed by atoms with Crippen molar-refractivity contribution in [3.8, 4) is 0 Å². The Bertz CT molecular complexity index is 185. The van der Waals surface area contributed by atoms with Crippen LogP contribution in [-0.2, 0) is 4.84 Å². The predicted molar refractivity (Wildman–Crippen MR) is 52.7 cm³/mol. The third kappa shape index (κ3) is 2.23. The van der Waals surface area contributed by atoms with Crippen molar-refractivity contribution in [1.82, 2.24) is 0 Å². The fourth-order valence-electron chi connectivity index (χ4n) is 2.39. The van der Waals surface area contributed by atoms with Crippen LogP contribution < -0.4 is 0 Å². The summed E-state index contributed by atoms with van der Waals surface area (Å²) >= 11 is 0. The predicted octanol–water partition coefficient (Wildman–Crippen LogP) is 2.85. The zero-order chi connectivity index (χ0) is 9.10. The molecule has 1 aliphatic heterocycles. The summed E-state index contributed by atoms with van der Waals surface area (Å²) in [5.41, 5.74) is 0. The van der Waals surface area contributed by atoms with E-state index in [9.17, 15) is 0 Å². The zero-order valence-corrected chi connectivity index (χ0v) is 8.33. The molecule has 1 saturated carbocycles. The highest BCUT2D eigenvalue weighted by atomic mass is 16.6. The van der Waals surface area contributed by atoms with E-state index >= 15 is 0 Å². The normalized spacial score (nSPS) is 34.8. The lowest BCUT2D eigenvalue weighted by molar-refractivity contribution is 0.0681. The van der Waals surface area contributed by atoms with E-state index in [-0.39, 0.29) is 6.10 Å². The Morgan fingerprint density at radius 2 is 2.08 bits per heavy atom. The Hall–Kier alpha value is -0.530. The molecule has 2 rings (SSSR count). The van der Waals surface area contributed by atoms with Crippen molar-refractivity contribution in [3.05, 3.63) is 0 Å². The zero-order valence-electron chi connectivity index (χ0n) is 8.33. The SMILES string of the molecule is CC1ON=[C]C1CC1CCCCC1. The van der Waals surface area contributed by atoms with Crippen LogP contribution in [-0.4, -0.2) is 12.3 Å². The van der Waals surface area contributed by atoms with Gasteiger partial charge >= 0.3 is 0 Å². The molecule has 0 N–H and O–H groups in total. The second-order valence-corrected chi connectivity index (χ2v) is 4.38. The molecule has 1 radical (unpaired) electrons. The molecule has 0 aromatic rings. The standard InChI is InChI=1S/C11H18NO/c1-9-11(8-12-13-9)7-10-5-3-2-4-6-10/h9-11H,2-7H2,1H3. The number of hydrogen-bond acceptors (Lipinski definition) is 2. The van der Waals surface area contributed by atoms with Crippen LogP contribution in [0, 0.1) is 11.8 Å². The molecule has 1 fully saturated rings. The molecule has 0 bridgehead atoms. The molecule has 2 nitrogen and oxygen atoms in total. The van der Waals surface area contributed by atoms with Crippen LogP contribution in [0.1, 0.15) is 45.4 Å². The summed E-state index contributed by atoms with van der Waals surface area (Å²) in [6.07, 6.45) is 11.7. The minimum atomic E-state index is 0.266. The molecule has 0 aromatic heterocycles. The summed E-state index contributed by atoms with van der Waals surface area (Å²) < 4.78 is 0. The van der Waals surface area contributed by atoms with Gasteiger partial charge in [0.2, 0.25) is 0 Å². The van der Waals surface area contributed by atoms with E-state index in [4.69, 9.17) is 4.84 Å². The fraction of sp³-hybridized carbons (Fsp3) is 0.909. The molecule has 0 aromatic carbocycles. The Kier molecular flexibility index (Phi) is 2.87. The van der Waals surface area contributed by atoms with E-state index in [1.54, 1.807) is 0 Å². The maximum atomic E-state index is 5.12. The van der Waals surface area contributed by atoms with Crippen molar-refractivity contribution in [2.24, 2.45) is 17.0 Å². The molecule has 0 amide bonds. The average molecular weight is 180 g/mol. The van der Waals surface area contributed by atoms with Gasteiger partial charge in [-0.1, -0.05) is 37.3 Å². The van der Waals surface area contributed by atoms with Crippen molar-refractivity contribution >= 4 is 6.21 Å². The maximum Gasteiger partial charge on any atom is 0.133 e. The van der Waals surface area contributed by atoms with E-state index in [2.05, 4.69) is 18.3 Å². The van der Waals surface area contributed by atoms with Gasteiger partial charge in [-0.05, 0) is 19.3 Å². The monoisotopic (exact) mass is 180 g/mol. The summed E-state index contributed by atoms with van der Waals surface area (Å²) in [6.45, 7) is 2.09. The third-order valence-electron chi connectivity index (χ3n) is 3.32. The Morgan fingerprint density at radius 1 is 1.31 bits per heavy atom. The first-order chi connectivity index (χ1) is 6.36. The lowest BCUT2D eigenvalue weighted by Gasteiger charge is -2.24. The Morgan fingerprint density at radius 3 is 2.69 bits per heavy atom. The Balaban J connectivity index is 1.79. The van der Waals surface area contributed by atoms with E-state index in [0.717, 1.165) is 5.92 Å². The highest BCUT2D eigenvalue weighted by Gasteiger charge is 2.26. The molecule has 0 saturated heterocycles. The second-order valence-electron chi connectivity index (χ2n) is 4.38. The van der Waals surface area contributed by atoms with Crippen LogP contribution in [0.5, 0.6) is 0 Å². The van der Waals surface area contributed by atoms with Crippen molar-refractivity contribution in [2.45, 2.75) is 51.6 Å². The molecular weight excluding hydrogens is 162 g/mol.